The van der Waals surface area contributed by atoms with Gasteiger partial charge in [0.1, 0.15) is 4.90 Å². The summed E-state index contributed by atoms with van der Waals surface area (Å²) in [6.07, 6.45) is 3.38. The van der Waals surface area contributed by atoms with Crippen LogP contribution in [-0.4, -0.2) is 31.2 Å². The van der Waals surface area contributed by atoms with E-state index in [0.717, 1.165) is 12.3 Å². The van der Waals surface area contributed by atoms with Crippen molar-refractivity contribution < 1.29 is 13.5 Å². The lowest BCUT2D eigenvalue weighted by Crippen LogP contribution is -2.37. The third-order valence-corrected chi connectivity index (χ3v) is 3.91. The molecule has 0 aliphatic rings. The lowest BCUT2D eigenvalue weighted by atomic mass is 10.2. The van der Waals surface area contributed by atoms with E-state index in [1.165, 1.54) is 6.20 Å². The van der Waals surface area contributed by atoms with Gasteiger partial charge in [-0.1, -0.05) is 6.92 Å². The van der Waals surface area contributed by atoms with Crippen LogP contribution in [0.15, 0.2) is 28.2 Å². The molecule has 1 aromatic rings. The van der Waals surface area contributed by atoms with Gasteiger partial charge in [0.25, 0.3) is 0 Å². The normalized spacial score (nSPS) is 13.5. The molecule has 0 aromatic carbocycles. The molecule has 17 heavy (non-hydrogen) atoms. The number of hydrogen-bond acceptors (Lipinski definition) is 4. The summed E-state index contributed by atoms with van der Waals surface area (Å²) in [7, 11) is -3.83. The number of aromatic nitrogens is 1. The molecule has 0 amide bonds. The zero-order chi connectivity index (χ0) is 12.9. The number of nitrogens with one attached hydrogen (secondary N) is 2. The Bertz CT molecular complexity index is 509. The minimum atomic E-state index is -3.83. The SMILES string of the molecule is CCC(CCO)NS(=O)(=O)c1c[nH]ccc1=O. The van der Waals surface area contributed by atoms with Crippen LogP contribution in [0, 0.1) is 0 Å². The van der Waals surface area contributed by atoms with Crippen molar-refractivity contribution >= 4 is 10.0 Å². The van der Waals surface area contributed by atoms with E-state index < -0.39 is 15.5 Å². The van der Waals surface area contributed by atoms with E-state index in [0.29, 0.717) is 12.8 Å². The van der Waals surface area contributed by atoms with Gasteiger partial charge in [-0.15, -0.1) is 0 Å². The highest BCUT2D eigenvalue weighted by Crippen LogP contribution is 2.05. The Balaban J connectivity index is 2.97. The van der Waals surface area contributed by atoms with Gasteiger partial charge in [0.15, 0.2) is 0 Å². The molecular weight excluding hydrogens is 244 g/mol. The Labute approximate surface area is 99.7 Å². The van der Waals surface area contributed by atoms with Crippen molar-refractivity contribution in [3.8, 4) is 0 Å². The first-order chi connectivity index (χ1) is 8.01. The summed E-state index contributed by atoms with van der Waals surface area (Å²) in [5.41, 5.74) is -0.560. The molecule has 0 aliphatic carbocycles. The maximum Gasteiger partial charge on any atom is 0.246 e. The Kier molecular flexibility index (Phi) is 4.86. The number of pyridine rings is 1. The van der Waals surface area contributed by atoms with E-state index in [4.69, 9.17) is 5.11 Å². The Morgan fingerprint density at radius 1 is 1.53 bits per heavy atom. The summed E-state index contributed by atoms with van der Waals surface area (Å²) in [4.78, 5) is 13.7. The highest BCUT2D eigenvalue weighted by molar-refractivity contribution is 7.89. The molecule has 0 saturated carbocycles. The summed E-state index contributed by atoms with van der Waals surface area (Å²) >= 11 is 0. The Morgan fingerprint density at radius 2 is 2.24 bits per heavy atom. The third-order valence-electron chi connectivity index (χ3n) is 2.37. The first-order valence-electron chi connectivity index (χ1n) is 5.31. The second-order valence-electron chi connectivity index (χ2n) is 3.61. The van der Waals surface area contributed by atoms with Gasteiger partial charge in [-0.2, -0.15) is 0 Å². The van der Waals surface area contributed by atoms with Crippen molar-refractivity contribution in [1.82, 2.24) is 9.71 Å². The van der Waals surface area contributed by atoms with Crippen molar-refractivity contribution in [2.45, 2.75) is 30.7 Å². The first kappa shape index (κ1) is 13.9. The quantitative estimate of drug-likeness (QED) is 0.660. The zero-order valence-electron chi connectivity index (χ0n) is 9.51. The second-order valence-corrected chi connectivity index (χ2v) is 5.29. The van der Waals surface area contributed by atoms with Crippen molar-refractivity contribution in [2.75, 3.05) is 6.61 Å². The van der Waals surface area contributed by atoms with Crippen molar-refractivity contribution in [3.05, 3.63) is 28.7 Å². The molecular formula is C10H16N2O4S. The largest absolute Gasteiger partial charge is 0.396 e. The highest BCUT2D eigenvalue weighted by atomic mass is 32.2. The van der Waals surface area contributed by atoms with Gasteiger partial charge in [0.05, 0.1) is 0 Å². The van der Waals surface area contributed by atoms with Gasteiger partial charge >= 0.3 is 0 Å². The van der Waals surface area contributed by atoms with Crippen LogP contribution in [-0.2, 0) is 10.0 Å². The molecule has 1 aromatic heterocycles. The van der Waals surface area contributed by atoms with Gasteiger partial charge in [-0.05, 0) is 12.8 Å². The van der Waals surface area contributed by atoms with Gasteiger partial charge < -0.3 is 10.1 Å². The molecule has 0 fully saturated rings. The number of aromatic amines is 1. The fourth-order valence-corrected chi connectivity index (χ4v) is 2.80. The summed E-state index contributed by atoms with van der Waals surface area (Å²) in [5.74, 6) is 0. The fraction of sp³-hybridized carbons (Fsp3) is 0.500. The highest BCUT2D eigenvalue weighted by Gasteiger charge is 2.21. The molecule has 96 valence electrons. The van der Waals surface area contributed by atoms with Crippen LogP contribution in [0.5, 0.6) is 0 Å². The number of aliphatic hydroxyl groups excluding tert-OH is 1. The minimum absolute atomic E-state index is 0.105. The summed E-state index contributed by atoms with van der Waals surface area (Å²) in [5, 5.41) is 8.79. The Hall–Kier alpha value is -1.18. The Morgan fingerprint density at radius 3 is 2.76 bits per heavy atom. The summed E-state index contributed by atoms with van der Waals surface area (Å²) < 4.78 is 26.2. The number of sulfonamides is 1. The standard InChI is InChI=1S/C10H16N2O4S/c1-2-8(4-6-13)12-17(15,16)10-7-11-5-3-9(10)14/h3,5,7-8,12-13H,2,4,6H2,1H3,(H,11,14). The van der Waals surface area contributed by atoms with E-state index in [2.05, 4.69) is 9.71 Å². The lowest BCUT2D eigenvalue weighted by molar-refractivity contribution is 0.270. The number of rotatable bonds is 6. The number of aliphatic hydroxyl groups is 1. The first-order valence-corrected chi connectivity index (χ1v) is 6.80. The summed E-state index contributed by atoms with van der Waals surface area (Å²) in [6.45, 7) is 1.70. The second kappa shape index (κ2) is 5.95. The predicted molar refractivity (Wildman–Crippen MR) is 63.2 cm³/mol. The van der Waals surface area contributed by atoms with Crippen LogP contribution in [0.1, 0.15) is 19.8 Å². The van der Waals surface area contributed by atoms with Crippen molar-refractivity contribution in [3.63, 3.8) is 0 Å². The third kappa shape index (κ3) is 3.65. The molecule has 3 N–H and O–H groups in total. The van der Waals surface area contributed by atoms with Crippen LogP contribution < -0.4 is 10.2 Å². The van der Waals surface area contributed by atoms with E-state index in [1.54, 1.807) is 6.92 Å². The molecule has 1 heterocycles. The lowest BCUT2D eigenvalue weighted by Gasteiger charge is -2.15. The van der Waals surface area contributed by atoms with Gasteiger partial charge in [0, 0.05) is 31.1 Å². The molecule has 1 rings (SSSR count). The monoisotopic (exact) mass is 260 g/mol. The minimum Gasteiger partial charge on any atom is -0.396 e. The summed E-state index contributed by atoms with van der Waals surface area (Å²) in [6, 6.07) is 0.784. The average molecular weight is 260 g/mol. The van der Waals surface area contributed by atoms with Crippen LogP contribution in [0.25, 0.3) is 0 Å². The van der Waals surface area contributed by atoms with E-state index in [1.807, 2.05) is 0 Å². The van der Waals surface area contributed by atoms with Gasteiger partial charge in [0.2, 0.25) is 15.5 Å². The molecule has 1 atom stereocenters. The molecule has 0 bridgehead atoms. The maximum absolute atomic E-state index is 11.9. The average Bonchev–Trinajstić information content (AvgIpc) is 2.28. The van der Waals surface area contributed by atoms with Crippen LogP contribution in [0.2, 0.25) is 0 Å². The number of H-pyrrole nitrogens is 1. The predicted octanol–water partition coefficient (Wildman–Crippen LogP) is -0.186. The molecule has 0 saturated heterocycles. The molecule has 7 heteroatoms. The molecule has 0 aliphatic heterocycles. The van der Waals surface area contributed by atoms with Gasteiger partial charge in [-0.25, -0.2) is 13.1 Å². The van der Waals surface area contributed by atoms with E-state index >= 15 is 0 Å². The smallest absolute Gasteiger partial charge is 0.246 e. The maximum atomic E-state index is 11.9. The van der Waals surface area contributed by atoms with Crippen LogP contribution in [0.3, 0.4) is 0 Å². The van der Waals surface area contributed by atoms with E-state index in [9.17, 15) is 13.2 Å². The van der Waals surface area contributed by atoms with Crippen molar-refractivity contribution in [1.29, 1.82) is 0 Å². The fourth-order valence-electron chi connectivity index (χ4n) is 1.40. The van der Waals surface area contributed by atoms with Crippen LogP contribution in [0.4, 0.5) is 0 Å². The molecule has 0 spiro atoms. The van der Waals surface area contributed by atoms with Crippen molar-refractivity contribution in [2.24, 2.45) is 0 Å². The zero-order valence-corrected chi connectivity index (χ0v) is 10.3. The molecule has 0 radical (unpaired) electrons. The molecule has 6 nitrogen and oxygen atoms in total. The molecule has 1 unspecified atom stereocenters. The van der Waals surface area contributed by atoms with E-state index in [-0.39, 0.29) is 17.5 Å². The van der Waals surface area contributed by atoms with Gasteiger partial charge in [-0.3, -0.25) is 4.79 Å². The number of hydrogen-bond donors (Lipinski definition) is 3. The topological polar surface area (TPSA) is 99.3 Å². The van der Waals surface area contributed by atoms with Crippen LogP contribution >= 0.6 is 0 Å².